The number of primary amides is 1. The molecule has 0 aliphatic heterocycles. The first-order valence-corrected chi connectivity index (χ1v) is 7.53. The Bertz CT molecular complexity index is 793. The second-order valence-corrected chi connectivity index (χ2v) is 5.46. The number of amides is 2. The molecule has 0 fully saturated rings. The highest BCUT2D eigenvalue weighted by molar-refractivity contribution is 9.10. The van der Waals surface area contributed by atoms with E-state index < -0.39 is 12.0 Å². The highest BCUT2D eigenvalue weighted by Crippen LogP contribution is 2.28. The number of nitrogens with zero attached hydrogens (tertiary/aromatic N) is 1. The Morgan fingerprint density at radius 3 is 2.67 bits per heavy atom. The standard InChI is InChI=1S/C16H14BrN3O4/c1-23-14-7-10(9-19-20-16(18)22)5-6-13(14)24-15(21)11-3-2-4-12(17)8-11/h2-9H,1H3,(H3,18,20,22)/b19-9+. The second-order valence-electron chi connectivity index (χ2n) is 4.54. The fraction of sp³-hybridized carbons (Fsp3) is 0.0625. The molecule has 0 heterocycles. The van der Waals surface area contributed by atoms with Crippen molar-refractivity contribution < 1.29 is 19.1 Å². The zero-order chi connectivity index (χ0) is 17.5. The normalized spacial score (nSPS) is 10.4. The molecule has 2 aromatic rings. The van der Waals surface area contributed by atoms with Gasteiger partial charge in [0.15, 0.2) is 11.5 Å². The zero-order valence-corrected chi connectivity index (χ0v) is 14.2. The van der Waals surface area contributed by atoms with Crippen LogP contribution in [0.4, 0.5) is 4.79 Å². The van der Waals surface area contributed by atoms with Crippen LogP contribution in [-0.4, -0.2) is 25.3 Å². The molecule has 24 heavy (non-hydrogen) atoms. The number of rotatable bonds is 5. The van der Waals surface area contributed by atoms with E-state index in [2.05, 4.69) is 26.5 Å². The summed E-state index contributed by atoms with van der Waals surface area (Å²) >= 11 is 3.30. The predicted octanol–water partition coefficient (Wildman–Crippen LogP) is 2.68. The third-order valence-electron chi connectivity index (χ3n) is 2.84. The number of ether oxygens (including phenoxy) is 2. The second kappa shape index (κ2) is 8.11. The Labute approximate surface area is 146 Å². The largest absolute Gasteiger partial charge is 0.493 e. The topological polar surface area (TPSA) is 103 Å². The van der Waals surface area contributed by atoms with Crippen molar-refractivity contribution in [3.8, 4) is 11.5 Å². The number of hydrogen-bond acceptors (Lipinski definition) is 5. The van der Waals surface area contributed by atoms with Crippen molar-refractivity contribution in [3.63, 3.8) is 0 Å². The van der Waals surface area contributed by atoms with Crippen molar-refractivity contribution in [2.24, 2.45) is 10.8 Å². The molecule has 2 rings (SSSR count). The monoisotopic (exact) mass is 391 g/mol. The van der Waals surface area contributed by atoms with Gasteiger partial charge in [0, 0.05) is 4.47 Å². The summed E-state index contributed by atoms with van der Waals surface area (Å²) in [7, 11) is 1.45. The van der Waals surface area contributed by atoms with Gasteiger partial charge in [0.2, 0.25) is 0 Å². The minimum atomic E-state index is -0.766. The van der Waals surface area contributed by atoms with Crippen molar-refractivity contribution in [3.05, 3.63) is 58.1 Å². The molecule has 3 N–H and O–H groups in total. The lowest BCUT2D eigenvalue weighted by molar-refractivity contribution is 0.0729. The summed E-state index contributed by atoms with van der Waals surface area (Å²) in [6, 6.07) is 10.9. The number of esters is 1. The van der Waals surface area contributed by atoms with Crippen LogP contribution in [0.25, 0.3) is 0 Å². The Kier molecular flexibility index (Phi) is 5.91. The van der Waals surface area contributed by atoms with Crippen molar-refractivity contribution in [2.45, 2.75) is 0 Å². The molecule has 0 atom stereocenters. The third-order valence-corrected chi connectivity index (χ3v) is 3.33. The molecule has 0 saturated heterocycles. The summed E-state index contributed by atoms with van der Waals surface area (Å²) in [6.45, 7) is 0. The van der Waals surface area contributed by atoms with Crippen LogP contribution in [0.2, 0.25) is 0 Å². The molecule has 0 aliphatic carbocycles. The van der Waals surface area contributed by atoms with Crippen LogP contribution in [0, 0.1) is 0 Å². The number of methoxy groups -OCH3 is 1. The SMILES string of the molecule is COc1cc(/C=N/NC(N)=O)ccc1OC(=O)c1cccc(Br)c1. The van der Waals surface area contributed by atoms with E-state index in [4.69, 9.17) is 15.2 Å². The van der Waals surface area contributed by atoms with Gasteiger partial charge in [-0.2, -0.15) is 5.10 Å². The van der Waals surface area contributed by atoms with E-state index >= 15 is 0 Å². The predicted molar refractivity (Wildman–Crippen MR) is 92.4 cm³/mol. The molecular formula is C16H14BrN3O4. The number of carbonyl (C=O) groups excluding carboxylic acids is 2. The number of hydrogen-bond donors (Lipinski definition) is 2. The Morgan fingerprint density at radius 2 is 2.00 bits per heavy atom. The molecule has 0 saturated carbocycles. The molecule has 0 unspecified atom stereocenters. The minimum Gasteiger partial charge on any atom is -0.493 e. The van der Waals surface area contributed by atoms with E-state index in [1.54, 1.807) is 36.4 Å². The van der Waals surface area contributed by atoms with Crippen molar-refractivity contribution in [1.29, 1.82) is 0 Å². The number of nitrogens with two attached hydrogens (primary N) is 1. The lowest BCUT2D eigenvalue weighted by Crippen LogP contribution is -2.24. The maximum Gasteiger partial charge on any atom is 0.343 e. The first-order chi connectivity index (χ1) is 11.5. The summed E-state index contributed by atoms with van der Waals surface area (Å²) in [6.07, 6.45) is 1.38. The highest BCUT2D eigenvalue weighted by atomic mass is 79.9. The van der Waals surface area contributed by atoms with Crippen LogP contribution in [0.3, 0.4) is 0 Å². The molecule has 0 bridgehead atoms. The maximum atomic E-state index is 12.2. The molecule has 8 heteroatoms. The smallest absolute Gasteiger partial charge is 0.343 e. The summed E-state index contributed by atoms with van der Waals surface area (Å²) in [4.78, 5) is 22.7. The molecular weight excluding hydrogens is 378 g/mol. The Hall–Kier alpha value is -2.87. The maximum absolute atomic E-state index is 12.2. The van der Waals surface area contributed by atoms with Crippen molar-refractivity contribution in [1.82, 2.24) is 5.43 Å². The van der Waals surface area contributed by atoms with Gasteiger partial charge < -0.3 is 15.2 Å². The lowest BCUT2D eigenvalue weighted by Gasteiger charge is -2.10. The van der Waals surface area contributed by atoms with Crippen LogP contribution in [-0.2, 0) is 0 Å². The fourth-order valence-corrected chi connectivity index (χ4v) is 2.19. The van der Waals surface area contributed by atoms with Crippen LogP contribution in [0.1, 0.15) is 15.9 Å². The van der Waals surface area contributed by atoms with Gasteiger partial charge in [-0.15, -0.1) is 0 Å². The van der Waals surface area contributed by atoms with E-state index in [9.17, 15) is 9.59 Å². The first kappa shape index (κ1) is 17.5. The van der Waals surface area contributed by atoms with E-state index in [1.807, 2.05) is 6.07 Å². The first-order valence-electron chi connectivity index (χ1n) is 6.74. The van der Waals surface area contributed by atoms with E-state index in [0.717, 1.165) is 4.47 Å². The molecule has 7 nitrogen and oxygen atoms in total. The molecule has 0 radical (unpaired) electrons. The van der Waals surface area contributed by atoms with E-state index in [1.165, 1.54) is 13.3 Å². The number of urea groups is 1. The average Bonchev–Trinajstić information content (AvgIpc) is 2.55. The summed E-state index contributed by atoms with van der Waals surface area (Å²) < 4.78 is 11.3. The Balaban J connectivity index is 2.17. The summed E-state index contributed by atoms with van der Waals surface area (Å²) in [5, 5.41) is 3.65. The van der Waals surface area contributed by atoms with E-state index in [0.29, 0.717) is 16.9 Å². The molecule has 2 amide bonds. The minimum absolute atomic E-state index is 0.266. The summed E-state index contributed by atoms with van der Waals surface area (Å²) in [5.41, 5.74) is 8.02. The van der Waals surface area contributed by atoms with Gasteiger partial charge in [0.1, 0.15) is 0 Å². The number of benzene rings is 2. The van der Waals surface area contributed by atoms with Crippen LogP contribution in [0.15, 0.2) is 52.0 Å². The van der Waals surface area contributed by atoms with Gasteiger partial charge in [-0.05, 0) is 42.0 Å². The Morgan fingerprint density at radius 1 is 1.21 bits per heavy atom. The molecule has 0 spiro atoms. The van der Waals surface area contributed by atoms with E-state index in [-0.39, 0.29) is 5.75 Å². The van der Waals surface area contributed by atoms with Crippen molar-refractivity contribution in [2.75, 3.05) is 7.11 Å². The van der Waals surface area contributed by atoms with Crippen molar-refractivity contribution >= 4 is 34.1 Å². The van der Waals surface area contributed by atoms with Gasteiger partial charge in [0.05, 0.1) is 18.9 Å². The van der Waals surface area contributed by atoms with Gasteiger partial charge in [-0.3, -0.25) is 0 Å². The molecule has 2 aromatic carbocycles. The molecule has 0 aliphatic rings. The third kappa shape index (κ3) is 4.82. The average molecular weight is 392 g/mol. The van der Waals surface area contributed by atoms with Crippen LogP contribution >= 0.6 is 15.9 Å². The molecule has 0 aromatic heterocycles. The fourth-order valence-electron chi connectivity index (χ4n) is 1.79. The van der Waals surface area contributed by atoms with Crippen LogP contribution < -0.4 is 20.6 Å². The van der Waals surface area contributed by atoms with Crippen LogP contribution in [0.5, 0.6) is 11.5 Å². The quantitative estimate of drug-likeness (QED) is 0.353. The number of halogens is 1. The summed E-state index contributed by atoms with van der Waals surface area (Å²) in [5.74, 6) is 0.107. The zero-order valence-electron chi connectivity index (χ0n) is 12.7. The van der Waals surface area contributed by atoms with Gasteiger partial charge in [-0.25, -0.2) is 15.0 Å². The van der Waals surface area contributed by atoms with Gasteiger partial charge >= 0.3 is 12.0 Å². The number of hydrazone groups is 1. The van der Waals surface area contributed by atoms with Gasteiger partial charge in [-0.1, -0.05) is 22.0 Å². The number of nitrogens with one attached hydrogen (secondary N) is 1. The molecule has 124 valence electrons. The van der Waals surface area contributed by atoms with Gasteiger partial charge in [0.25, 0.3) is 0 Å². The lowest BCUT2D eigenvalue weighted by atomic mass is 10.2. The number of carbonyl (C=O) groups is 2. The highest BCUT2D eigenvalue weighted by Gasteiger charge is 2.13.